The first kappa shape index (κ1) is 12.0. The third kappa shape index (κ3) is 2.43. The molecule has 0 radical (unpaired) electrons. The molecule has 0 spiro atoms. The summed E-state index contributed by atoms with van der Waals surface area (Å²) in [6.07, 6.45) is 0. The van der Waals surface area contributed by atoms with E-state index in [0.717, 1.165) is 10.1 Å². The molecule has 1 aromatic carbocycles. The lowest BCUT2D eigenvalue weighted by Crippen LogP contribution is -2.35. The number of hydrogen-bond acceptors (Lipinski definition) is 3. The van der Waals surface area contributed by atoms with Crippen molar-refractivity contribution in [1.82, 2.24) is 10.9 Å². The van der Waals surface area contributed by atoms with Gasteiger partial charge in [-0.25, -0.2) is 0 Å². The standard InChI is InChI=1S/C12H11ClN2OS/c1-7(2)14-15-12(16)11-10(13)8-5-3-4-6-9(8)17-11/h3-6,14H,1H2,2H3,(H,15,16). The summed E-state index contributed by atoms with van der Waals surface area (Å²) in [5.41, 5.74) is 5.87. The van der Waals surface area contributed by atoms with Gasteiger partial charge in [0.1, 0.15) is 4.88 Å². The van der Waals surface area contributed by atoms with Gasteiger partial charge in [-0.05, 0) is 13.0 Å². The zero-order valence-electron chi connectivity index (χ0n) is 9.21. The van der Waals surface area contributed by atoms with Gasteiger partial charge in [0.05, 0.1) is 5.02 Å². The second kappa shape index (κ2) is 4.77. The first-order valence-electron chi connectivity index (χ1n) is 4.98. The van der Waals surface area contributed by atoms with Crippen LogP contribution in [0.5, 0.6) is 0 Å². The maximum atomic E-state index is 11.9. The molecule has 0 aliphatic carbocycles. The molecule has 2 aromatic rings. The Labute approximate surface area is 108 Å². The Bertz CT molecular complexity index is 591. The lowest BCUT2D eigenvalue weighted by atomic mass is 10.2. The Balaban J connectivity index is 2.32. The van der Waals surface area contributed by atoms with E-state index < -0.39 is 0 Å². The van der Waals surface area contributed by atoms with E-state index in [4.69, 9.17) is 11.6 Å². The number of benzene rings is 1. The lowest BCUT2D eigenvalue weighted by molar-refractivity contribution is 0.0943. The number of fused-ring (bicyclic) bond motifs is 1. The van der Waals surface area contributed by atoms with Crippen molar-refractivity contribution in [3.05, 3.63) is 46.4 Å². The topological polar surface area (TPSA) is 41.1 Å². The highest BCUT2D eigenvalue weighted by atomic mass is 35.5. The molecule has 0 unspecified atom stereocenters. The van der Waals surface area contributed by atoms with Crippen LogP contribution in [0.1, 0.15) is 16.6 Å². The van der Waals surface area contributed by atoms with Crippen molar-refractivity contribution < 1.29 is 4.79 Å². The predicted molar refractivity (Wildman–Crippen MR) is 72.3 cm³/mol. The number of hydrazine groups is 1. The molecule has 5 heteroatoms. The summed E-state index contributed by atoms with van der Waals surface area (Å²) in [6, 6.07) is 7.66. The van der Waals surface area contributed by atoms with Crippen LogP contribution in [0.2, 0.25) is 5.02 Å². The number of allylic oxidation sites excluding steroid dienone is 1. The van der Waals surface area contributed by atoms with Crippen molar-refractivity contribution in [2.24, 2.45) is 0 Å². The number of thiophene rings is 1. The quantitative estimate of drug-likeness (QED) is 0.837. The van der Waals surface area contributed by atoms with Crippen LogP contribution in [0.15, 0.2) is 36.5 Å². The normalized spacial score (nSPS) is 10.2. The highest BCUT2D eigenvalue weighted by Gasteiger charge is 2.16. The van der Waals surface area contributed by atoms with Crippen LogP contribution < -0.4 is 10.9 Å². The van der Waals surface area contributed by atoms with Gasteiger partial charge in [0.15, 0.2) is 0 Å². The molecular formula is C12H11ClN2OS. The van der Waals surface area contributed by atoms with Gasteiger partial charge in [0.25, 0.3) is 5.91 Å². The highest BCUT2D eigenvalue weighted by molar-refractivity contribution is 7.21. The molecule has 0 aliphatic heterocycles. The summed E-state index contributed by atoms with van der Waals surface area (Å²) in [4.78, 5) is 12.4. The first-order valence-corrected chi connectivity index (χ1v) is 6.18. The Kier molecular flexibility index (Phi) is 3.36. The summed E-state index contributed by atoms with van der Waals surface area (Å²) < 4.78 is 0.998. The van der Waals surface area contributed by atoms with Gasteiger partial charge in [-0.2, -0.15) is 0 Å². The number of carbonyl (C=O) groups is 1. The number of nitrogens with one attached hydrogen (secondary N) is 2. The lowest BCUT2D eigenvalue weighted by Gasteiger charge is -2.05. The fourth-order valence-electron chi connectivity index (χ4n) is 1.38. The van der Waals surface area contributed by atoms with Crippen LogP contribution in [0.4, 0.5) is 0 Å². The molecule has 0 saturated carbocycles. The van der Waals surface area contributed by atoms with E-state index in [2.05, 4.69) is 17.4 Å². The monoisotopic (exact) mass is 266 g/mol. The summed E-state index contributed by atoms with van der Waals surface area (Å²) in [5, 5.41) is 1.39. The van der Waals surface area contributed by atoms with Crippen LogP contribution in [0.25, 0.3) is 10.1 Å². The van der Waals surface area contributed by atoms with Crippen molar-refractivity contribution in [2.75, 3.05) is 0 Å². The van der Waals surface area contributed by atoms with Crippen LogP contribution in [0, 0.1) is 0 Å². The second-order valence-corrected chi connectivity index (χ2v) is 5.03. The van der Waals surface area contributed by atoms with Gasteiger partial charge in [-0.3, -0.25) is 10.2 Å². The second-order valence-electron chi connectivity index (χ2n) is 3.60. The third-order valence-electron chi connectivity index (χ3n) is 2.13. The number of rotatable bonds is 3. The van der Waals surface area contributed by atoms with Gasteiger partial charge in [-0.15, -0.1) is 11.3 Å². The fraction of sp³-hybridized carbons (Fsp3) is 0.0833. The smallest absolute Gasteiger partial charge is 0.281 e. The maximum Gasteiger partial charge on any atom is 0.281 e. The fourth-order valence-corrected chi connectivity index (χ4v) is 2.79. The minimum atomic E-state index is -0.251. The van der Waals surface area contributed by atoms with Crippen molar-refractivity contribution in [3.8, 4) is 0 Å². The molecule has 3 nitrogen and oxygen atoms in total. The third-order valence-corrected chi connectivity index (χ3v) is 3.80. The summed E-state index contributed by atoms with van der Waals surface area (Å²) >= 11 is 7.54. The maximum absolute atomic E-state index is 11.9. The first-order chi connectivity index (χ1) is 8.09. The molecule has 1 amide bonds. The molecule has 17 heavy (non-hydrogen) atoms. The molecule has 2 N–H and O–H groups in total. The van der Waals surface area contributed by atoms with Crippen molar-refractivity contribution >= 4 is 38.9 Å². The summed E-state index contributed by atoms with van der Waals surface area (Å²) in [7, 11) is 0. The number of hydrogen-bond donors (Lipinski definition) is 2. The number of carbonyl (C=O) groups excluding carboxylic acids is 1. The Morgan fingerprint density at radius 2 is 2.06 bits per heavy atom. The zero-order chi connectivity index (χ0) is 12.4. The average molecular weight is 267 g/mol. The zero-order valence-corrected chi connectivity index (χ0v) is 10.8. The van der Waals surface area contributed by atoms with E-state index in [1.54, 1.807) is 6.92 Å². The molecule has 0 aliphatic rings. The minimum absolute atomic E-state index is 0.251. The SMILES string of the molecule is C=C(C)NNC(=O)c1sc2ccccc2c1Cl. The van der Waals surface area contributed by atoms with Crippen LogP contribution in [-0.4, -0.2) is 5.91 Å². The van der Waals surface area contributed by atoms with E-state index in [9.17, 15) is 4.79 Å². The van der Waals surface area contributed by atoms with Crippen LogP contribution >= 0.6 is 22.9 Å². The Morgan fingerprint density at radius 1 is 1.35 bits per heavy atom. The van der Waals surface area contributed by atoms with Gasteiger partial charge in [0.2, 0.25) is 0 Å². The molecule has 2 rings (SSSR count). The van der Waals surface area contributed by atoms with Gasteiger partial charge < -0.3 is 5.43 Å². The van der Waals surface area contributed by atoms with Gasteiger partial charge in [0, 0.05) is 15.8 Å². The number of halogens is 1. The van der Waals surface area contributed by atoms with Crippen LogP contribution in [-0.2, 0) is 0 Å². The van der Waals surface area contributed by atoms with E-state index >= 15 is 0 Å². The Hall–Kier alpha value is -1.52. The van der Waals surface area contributed by atoms with E-state index in [1.165, 1.54) is 11.3 Å². The van der Waals surface area contributed by atoms with E-state index in [-0.39, 0.29) is 5.91 Å². The molecule has 0 saturated heterocycles. The highest BCUT2D eigenvalue weighted by Crippen LogP contribution is 2.34. The molecule has 0 fully saturated rings. The minimum Gasteiger partial charge on any atom is -0.303 e. The summed E-state index contributed by atoms with van der Waals surface area (Å²) in [6.45, 7) is 5.39. The van der Waals surface area contributed by atoms with Crippen molar-refractivity contribution in [1.29, 1.82) is 0 Å². The van der Waals surface area contributed by atoms with Gasteiger partial charge >= 0.3 is 0 Å². The van der Waals surface area contributed by atoms with E-state index in [1.807, 2.05) is 24.3 Å². The van der Waals surface area contributed by atoms with Crippen molar-refractivity contribution in [3.63, 3.8) is 0 Å². The largest absolute Gasteiger partial charge is 0.303 e. The summed E-state index contributed by atoms with van der Waals surface area (Å²) in [5.74, 6) is -0.251. The Morgan fingerprint density at radius 3 is 2.71 bits per heavy atom. The van der Waals surface area contributed by atoms with E-state index in [0.29, 0.717) is 15.6 Å². The average Bonchev–Trinajstić information content (AvgIpc) is 2.64. The molecule has 88 valence electrons. The predicted octanol–water partition coefficient (Wildman–Crippen LogP) is 3.32. The molecule has 1 heterocycles. The molecule has 1 aromatic heterocycles. The number of amides is 1. The molecule has 0 bridgehead atoms. The van der Waals surface area contributed by atoms with Crippen LogP contribution in [0.3, 0.4) is 0 Å². The molecular weight excluding hydrogens is 256 g/mol. The van der Waals surface area contributed by atoms with Gasteiger partial charge in [-0.1, -0.05) is 36.4 Å². The molecule has 0 atom stereocenters. The van der Waals surface area contributed by atoms with Crippen molar-refractivity contribution in [2.45, 2.75) is 6.92 Å².